The molecular formula is C9H14O3. The molecule has 1 aliphatic rings. The number of rotatable bonds is 2. The number of ether oxygens (including phenoxy) is 1. The third-order valence-electron chi connectivity index (χ3n) is 2.37. The van der Waals surface area contributed by atoms with Gasteiger partial charge < -0.3 is 9.84 Å². The fourth-order valence-electron chi connectivity index (χ4n) is 1.40. The largest absolute Gasteiger partial charge is 0.478 e. The van der Waals surface area contributed by atoms with Crippen molar-refractivity contribution in [2.45, 2.75) is 31.8 Å². The molecule has 3 nitrogen and oxygen atoms in total. The van der Waals surface area contributed by atoms with E-state index in [9.17, 15) is 4.79 Å². The Hall–Kier alpha value is -0.830. The molecule has 0 aromatic rings. The van der Waals surface area contributed by atoms with Crippen LogP contribution < -0.4 is 0 Å². The number of hydrogen-bond acceptors (Lipinski definition) is 2. The third kappa shape index (κ3) is 1.67. The van der Waals surface area contributed by atoms with Gasteiger partial charge in [0.1, 0.15) is 0 Å². The predicted octanol–water partition coefficient (Wildman–Crippen LogP) is 1.59. The van der Waals surface area contributed by atoms with Crippen LogP contribution in [0.5, 0.6) is 0 Å². The van der Waals surface area contributed by atoms with Crippen molar-refractivity contribution in [1.82, 2.24) is 0 Å². The average molecular weight is 170 g/mol. The SMILES string of the molecule is C=C(C(=O)O)C1(C)CCCCO1. The molecule has 0 radical (unpaired) electrons. The van der Waals surface area contributed by atoms with E-state index in [0.717, 1.165) is 19.3 Å². The van der Waals surface area contributed by atoms with E-state index >= 15 is 0 Å². The highest BCUT2D eigenvalue weighted by molar-refractivity contribution is 5.88. The Morgan fingerprint density at radius 1 is 1.58 bits per heavy atom. The van der Waals surface area contributed by atoms with Gasteiger partial charge in [0, 0.05) is 6.61 Å². The van der Waals surface area contributed by atoms with E-state index in [1.807, 2.05) is 0 Å². The van der Waals surface area contributed by atoms with E-state index in [4.69, 9.17) is 9.84 Å². The molecule has 0 aliphatic carbocycles. The maximum atomic E-state index is 10.6. The smallest absolute Gasteiger partial charge is 0.333 e. The summed E-state index contributed by atoms with van der Waals surface area (Å²) in [5, 5.41) is 8.72. The lowest BCUT2D eigenvalue weighted by atomic mass is 9.89. The van der Waals surface area contributed by atoms with Crippen molar-refractivity contribution >= 4 is 5.97 Å². The Labute approximate surface area is 72.0 Å². The number of aliphatic carboxylic acids is 1. The lowest BCUT2D eigenvalue weighted by Gasteiger charge is -2.33. The second-order valence-corrected chi connectivity index (χ2v) is 3.32. The van der Waals surface area contributed by atoms with E-state index in [0.29, 0.717) is 6.61 Å². The van der Waals surface area contributed by atoms with Gasteiger partial charge >= 0.3 is 5.97 Å². The molecule has 1 aliphatic heterocycles. The first-order chi connectivity index (χ1) is 5.56. The molecule has 68 valence electrons. The Morgan fingerprint density at radius 2 is 2.25 bits per heavy atom. The molecule has 1 atom stereocenters. The van der Waals surface area contributed by atoms with Crippen LogP contribution in [-0.2, 0) is 9.53 Å². The summed E-state index contributed by atoms with van der Waals surface area (Å²) >= 11 is 0. The third-order valence-corrected chi connectivity index (χ3v) is 2.37. The Balaban J connectivity index is 2.69. The van der Waals surface area contributed by atoms with E-state index in [2.05, 4.69) is 6.58 Å². The number of hydrogen-bond donors (Lipinski definition) is 1. The maximum Gasteiger partial charge on any atom is 0.333 e. The summed E-state index contributed by atoms with van der Waals surface area (Å²) in [5.41, 5.74) is -0.466. The summed E-state index contributed by atoms with van der Waals surface area (Å²) < 4.78 is 5.41. The second-order valence-electron chi connectivity index (χ2n) is 3.32. The summed E-state index contributed by atoms with van der Waals surface area (Å²) in [7, 11) is 0. The van der Waals surface area contributed by atoms with E-state index in [1.165, 1.54) is 0 Å². The van der Waals surface area contributed by atoms with Gasteiger partial charge in [-0.1, -0.05) is 6.58 Å². The summed E-state index contributed by atoms with van der Waals surface area (Å²) in [5.74, 6) is -0.959. The van der Waals surface area contributed by atoms with Gasteiger partial charge in [-0.2, -0.15) is 0 Å². The standard InChI is InChI=1S/C9H14O3/c1-7(8(10)11)9(2)5-3-4-6-12-9/h1,3-6H2,2H3,(H,10,11). The highest BCUT2D eigenvalue weighted by Gasteiger charge is 2.34. The first kappa shape index (κ1) is 9.26. The molecule has 1 N–H and O–H groups in total. The molecule has 3 heteroatoms. The molecule has 0 amide bonds. The van der Waals surface area contributed by atoms with Crippen LogP contribution in [0.3, 0.4) is 0 Å². The first-order valence-electron chi connectivity index (χ1n) is 4.13. The summed E-state index contributed by atoms with van der Waals surface area (Å²) in [6.45, 7) is 5.96. The summed E-state index contributed by atoms with van der Waals surface area (Å²) in [6, 6.07) is 0. The lowest BCUT2D eigenvalue weighted by molar-refractivity contribution is -0.137. The lowest BCUT2D eigenvalue weighted by Crippen LogP contribution is -2.37. The molecule has 0 bridgehead atoms. The Bertz CT molecular complexity index is 202. The van der Waals surface area contributed by atoms with Gasteiger partial charge in [-0.25, -0.2) is 4.79 Å². The molecule has 1 saturated heterocycles. The fourth-order valence-corrected chi connectivity index (χ4v) is 1.40. The Kier molecular flexibility index (Phi) is 2.52. The molecule has 1 unspecified atom stereocenters. The number of carbonyl (C=O) groups is 1. The van der Waals surface area contributed by atoms with Gasteiger partial charge in [-0.05, 0) is 26.2 Å². The first-order valence-corrected chi connectivity index (χ1v) is 4.13. The molecular weight excluding hydrogens is 156 g/mol. The number of carboxylic acid groups (broad SMARTS) is 1. The van der Waals surface area contributed by atoms with Crippen LogP contribution in [0.25, 0.3) is 0 Å². The summed E-state index contributed by atoms with van der Waals surface area (Å²) in [4.78, 5) is 10.6. The van der Waals surface area contributed by atoms with Crippen LogP contribution in [0.2, 0.25) is 0 Å². The van der Waals surface area contributed by atoms with Gasteiger partial charge in [-0.15, -0.1) is 0 Å². The molecule has 0 aromatic heterocycles. The topological polar surface area (TPSA) is 46.5 Å². The Morgan fingerprint density at radius 3 is 2.67 bits per heavy atom. The van der Waals surface area contributed by atoms with E-state index in [-0.39, 0.29) is 5.57 Å². The molecule has 1 fully saturated rings. The second kappa shape index (κ2) is 3.27. The quantitative estimate of drug-likeness (QED) is 0.640. The van der Waals surface area contributed by atoms with Crippen LogP contribution in [0.15, 0.2) is 12.2 Å². The predicted molar refractivity (Wildman–Crippen MR) is 45.0 cm³/mol. The zero-order valence-electron chi connectivity index (χ0n) is 7.30. The van der Waals surface area contributed by atoms with Crippen LogP contribution >= 0.6 is 0 Å². The normalized spacial score (nSPS) is 29.8. The monoisotopic (exact) mass is 170 g/mol. The molecule has 0 spiro atoms. The van der Waals surface area contributed by atoms with E-state index < -0.39 is 11.6 Å². The van der Waals surface area contributed by atoms with Gasteiger partial charge in [0.25, 0.3) is 0 Å². The van der Waals surface area contributed by atoms with Crippen molar-refractivity contribution in [1.29, 1.82) is 0 Å². The van der Waals surface area contributed by atoms with Crippen molar-refractivity contribution in [2.24, 2.45) is 0 Å². The van der Waals surface area contributed by atoms with Gasteiger partial charge in [0.05, 0.1) is 11.2 Å². The van der Waals surface area contributed by atoms with Crippen molar-refractivity contribution in [2.75, 3.05) is 6.61 Å². The minimum atomic E-state index is -0.959. The highest BCUT2D eigenvalue weighted by atomic mass is 16.5. The molecule has 0 aromatic carbocycles. The molecule has 12 heavy (non-hydrogen) atoms. The van der Waals surface area contributed by atoms with Crippen LogP contribution in [-0.4, -0.2) is 23.3 Å². The van der Waals surface area contributed by atoms with Crippen molar-refractivity contribution in [3.63, 3.8) is 0 Å². The highest BCUT2D eigenvalue weighted by Crippen LogP contribution is 2.30. The van der Waals surface area contributed by atoms with Crippen LogP contribution in [0.1, 0.15) is 26.2 Å². The van der Waals surface area contributed by atoms with Gasteiger partial charge in [-0.3, -0.25) is 0 Å². The van der Waals surface area contributed by atoms with Crippen molar-refractivity contribution in [3.05, 3.63) is 12.2 Å². The van der Waals surface area contributed by atoms with Gasteiger partial charge in [0.2, 0.25) is 0 Å². The molecule has 1 heterocycles. The fraction of sp³-hybridized carbons (Fsp3) is 0.667. The zero-order valence-corrected chi connectivity index (χ0v) is 7.30. The minimum Gasteiger partial charge on any atom is -0.478 e. The molecule has 0 saturated carbocycles. The van der Waals surface area contributed by atoms with Crippen molar-refractivity contribution in [3.8, 4) is 0 Å². The zero-order chi connectivity index (χ0) is 9.19. The van der Waals surface area contributed by atoms with Gasteiger partial charge in [0.15, 0.2) is 0 Å². The summed E-state index contributed by atoms with van der Waals surface area (Å²) in [6.07, 6.45) is 2.80. The minimum absolute atomic E-state index is 0.169. The molecule has 1 rings (SSSR count). The average Bonchev–Trinajstić information content (AvgIpc) is 2.04. The van der Waals surface area contributed by atoms with Crippen LogP contribution in [0.4, 0.5) is 0 Å². The van der Waals surface area contributed by atoms with E-state index in [1.54, 1.807) is 6.92 Å². The maximum absolute atomic E-state index is 10.6. The van der Waals surface area contributed by atoms with Crippen LogP contribution in [0, 0.1) is 0 Å². The van der Waals surface area contributed by atoms with Crippen molar-refractivity contribution < 1.29 is 14.6 Å². The number of carboxylic acids is 1.